The summed E-state index contributed by atoms with van der Waals surface area (Å²) in [4.78, 5) is 11.2. The van der Waals surface area contributed by atoms with Gasteiger partial charge in [0.05, 0.1) is 0 Å². The molecular weight excluding hydrogens is 247 g/mol. The largest absolute Gasteiger partial charge is 0.405 e. The van der Waals surface area contributed by atoms with Gasteiger partial charge in [0.2, 0.25) is 0 Å². The van der Waals surface area contributed by atoms with Crippen molar-refractivity contribution in [2.75, 3.05) is 13.1 Å². The van der Waals surface area contributed by atoms with Crippen LogP contribution in [0.5, 0.6) is 0 Å². The summed E-state index contributed by atoms with van der Waals surface area (Å²) < 4.78 is 35.6. The van der Waals surface area contributed by atoms with Crippen LogP contribution in [0, 0.1) is 0 Å². The molecule has 0 radical (unpaired) electrons. The maximum atomic E-state index is 11.9. The lowest BCUT2D eigenvalue weighted by molar-refractivity contribution is -0.122. The Kier molecular flexibility index (Phi) is 5.71. The number of urea groups is 1. The van der Waals surface area contributed by atoms with Gasteiger partial charge in [-0.15, -0.1) is 0 Å². The number of amides is 2. The van der Waals surface area contributed by atoms with Gasteiger partial charge in [-0.2, -0.15) is 13.2 Å². The zero-order chi connectivity index (χ0) is 13.6. The monoisotopic (exact) mass is 267 g/mol. The first kappa shape index (κ1) is 15.1. The van der Waals surface area contributed by atoms with E-state index in [1.54, 1.807) is 0 Å². The summed E-state index contributed by atoms with van der Waals surface area (Å²) in [5, 5.41) is 7.72. The van der Waals surface area contributed by atoms with Crippen LogP contribution in [0.4, 0.5) is 18.0 Å². The number of nitrogens with one attached hydrogen (secondary N) is 3. The molecule has 0 atom stereocenters. The predicted molar refractivity (Wildman–Crippen MR) is 62.3 cm³/mol. The Morgan fingerprint density at radius 3 is 2.22 bits per heavy atom. The van der Waals surface area contributed by atoms with E-state index in [0.717, 1.165) is 32.2 Å². The number of alkyl halides is 3. The molecule has 106 valence electrons. The van der Waals surface area contributed by atoms with E-state index in [0.29, 0.717) is 6.04 Å². The van der Waals surface area contributed by atoms with Crippen LogP contribution >= 0.6 is 0 Å². The average Bonchev–Trinajstić information content (AvgIpc) is 2.29. The highest BCUT2D eigenvalue weighted by atomic mass is 19.4. The number of rotatable bonds is 4. The first-order valence-electron chi connectivity index (χ1n) is 6.25. The topological polar surface area (TPSA) is 53.2 Å². The Morgan fingerprint density at radius 1 is 1.17 bits per heavy atom. The van der Waals surface area contributed by atoms with Gasteiger partial charge >= 0.3 is 12.2 Å². The molecule has 2 amide bonds. The van der Waals surface area contributed by atoms with Crippen molar-refractivity contribution in [3.8, 4) is 0 Å². The molecule has 1 aliphatic rings. The van der Waals surface area contributed by atoms with Crippen LogP contribution in [0.2, 0.25) is 0 Å². The minimum Gasteiger partial charge on any atom is -0.335 e. The van der Waals surface area contributed by atoms with Crippen molar-refractivity contribution < 1.29 is 18.0 Å². The predicted octanol–water partition coefficient (Wildman–Crippen LogP) is 1.77. The van der Waals surface area contributed by atoms with Gasteiger partial charge in [-0.3, -0.25) is 0 Å². The molecular formula is C11H20F3N3O. The second kappa shape index (κ2) is 6.82. The molecule has 0 spiro atoms. The third-order valence-electron chi connectivity index (χ3n) is 3.00. The molecule has 0 bridgehead atoms. The standard InChI is InChI=1S/C11H20F3N3O/c1-2-15-8-3-5-9(6-4-8)17-10(18)16-7-11(12,13)14/h8-9,15H,2-7H2,1H3,(H2,16,17,18). The fourth-order valence-corrected chi connectivity index (χ4v) is 2.15. The van der Waals surface area contributed by atoms with E-state index in [1.165, 1.54) is 0 Å². The third-order valence-corrected chi connectivity index (χ3v) is 3.00. The minimum absolute atomic E-state index is 0.0202. The Labute approximate surface area is 105 Å². The molecule has 1 rings (SSSR count). The van der Waals surface area contributed by atoms with Crippen molar-refractivity contribution >= 4 is 6.03 Å². The Hall–Kier alpha value is -0.980. The van der Waals surface area contributed by atoms with Crippen LogP contribution in [-0.4, -0.2) is 37.4 Å². The van der Waals surface area contributed by atoms with E-state index in [4.69, 9.17) is 0 Å². The zero-order valence-corrected chi connectivity index (χ0v) is 10.4. The summed E-state index contributed by atoms with van der Waals surface area (Å²) in [5.41, 5.74) is 0. The molecule has 0 heterocycles. The summed E-state index contributed by atoms with van der Waals surface area (Å²) >= 11 is 0. The molecule has 0 aromatic heterocycles. The summed E-state index contributed by atoms with van der Waals surface area (Å²) in [6.45, 7) is 1.66. The van der Waals surface area contributed by atoms with Gasteiger partial charge in [-0.1, -0.05) is 6.92 Å². The zero-order valence-electron chi connectivity index (χ0n) is 10.4. The molecule has 0 aromatic rings. The van der Waals surface area contributed by atoms with Crippen molar-refractivity contribution in [1.82, 2.24) is 16.0 Å². The Morgan fingerprint density at radius 2 is 1.72 bits per heavy atom. The van der Waals surface area contributed by atoms with Gasteiger partial charge in [0.1, 0.15) is 6.54 Å². The highest BCUT2D eigenvalue weighted by molar-refractivity contribution is 5.74. The maximum absolute atomic E-state index is 11.9. The van der Waals surface area contributed by atoms with Crippen molar-refractivity contribution in [3.63, 3.8) is 0 Å². The second-order valence-electron chi connectivity index (χ2n) is 4.55. The Bertz CT molecular complexity index is 263. The summed E-state index contributed by atoms with van der Waals surface area (Å²) in [6.07, 6.45) is -0.871. The maximum Gasteiger partial charge on any atom is 0.405 e. The molecule has 0 saturated heterocycles. The summed E-state index contributed by atoms with van der Waals surface area (Å²) in [7, 11) is 0. The van der Waals surface area contributed by atoms with Crippen molar-refractivity contribution in [1.29, 1.82) is 0 Å². The molecule has 1 saturated carbocycles. The van der Waals surface area contributed by atoms with Gasteiger partial charge in [0, 0.05) is 12.1 Å². The van der Waals surface area contributed by atoms with E-state index in [-0.39, 0.29) is 6.04 Å². The molecule has 18 heavy (non-hydrogen) atoms. The van der Waals surface area contributed by atoms with Gasteiger partial charge < -0.3 is 16.0 Å². The van der Waals surface area contributed by atoms with Gasteiger partial charge in [-0.25, -0.2) is 4.79 Å². The molecule has 4 nitrogen and oxygen atoms in total. The van der Waals surface area contributed by atoms with Crippen LogP contribution in [-0.2, 0) is 0 Å². The average molecular weight is 267 g/mol. The van der Waals surface area contributed by atoms with Crippen LogP contribution in [0.1, 0.15) is 32.6 Å². The molecule has 1 fully saturated rings. The van der Waals surface area contributed by atoms with E-state index in [9.17, 15) is 18.0 Å². The normalized spacial score (nSPS) is 24.7. The molecule has 0 aliphatic heterocycles. The SMILES string of the molecule is CCNC1CCC(NC(=O)NCC(F)(F)F)CC1. The molecule has 3 N–H and O–H groups in total. The minimum atomic E-state index is -4.36. The van der Waals surface area contributed by atoms with Crippen molar-refractivity contribution in [2.45, 2.75) is 50.9 Å². The fourth-order valence-electron chi connectivity index (χ4n) is 2.15. The third kappa shape index (κ3) is 6.09. The number of halogens is 3. The number of hydrogen-bond donors (Lipinski definition) is 3. The lowest BCUT2D eigenvalue weighted by Crippen LogP contribution is -2.47. The highest BCUT2D eigenvalue weighted by Gasteiger charge is 2.28. The van der Waals surface area contributed by atoms with Gasteiger partial charge in [-0.05, 0) is 32.2 Å². The lowest BCUT2D eigenvalue weighted by Gasteiger charge is -2.29. The van der Waals surface area contributed by atoms with E-state index in [2.05, 4.69) is 10.6 Å². The molecule has 0 unspecified atom stereocenters. The highest BCUT2D eigenvalue weighted by Crippen LogP contribution is 2.18. The van der Waals surface area contributed by atoms with E-state index < -0.39 is 18.8 Å². The molecule has 7 heteroatoms. The summed E-state index contributed by atoms with van der Waals surface area (Å²) in [6, 6.07) is -0.293. The van der Waals surface area contributed by atoms with Crippen LogP contribution < -0.4 is 16.0 Å². The van der Waals surface area contributed by atoms with Crippen molar-refractivity contribution in [3.05, 3.63) is 0 Å². The second-order valence-corrected chi connectivity index (χ2v) is 4.55. The lowest BCUT2D eigenvalue weighted by atomic mass is 9.91. The smallest absolute Gasteiger partial charge is 0.335 e. The number of carbonyl (C=O) groups is 1. The van der Waals surface area contributed by atoms with E-state index >= 15 is 0 Å². The Balaban J connectivity index is 2.18. The van der Waals surface area contributed by atoms with E-state index in [1.807, 2.05) is 12.2 Å². The van der Waals surface area contributed by atoms with Crippen LogP contribution in [0.3, 0.4) is 0 Å². The molecule has 1 aliphatic carbocycles. The van der Waals surface area contributed by atoms with Crippen molar-refractivity contribution in [2.24, 2.45) is 0 Å². The molecule has 0 aromatic carbocycles. The van der Waals surface area contributed by atoms with Gasteiger partial charge in [0.15, 0.2) is 0 Å². The fraction of sp³-hybridized carbons (Fsp3) is 0.909. The summed E-state index contributed by atoms with van der Waals surface area (Å²) in [5.74, 6) is 0. The first-order chi connectivity index (χ1) is 8.40. The first-order valence-corrected chi connectivity index (χ1v) is 6.25. The van der Waals surface area contributed by atoms with Crippen LogP contribution in [0.15, 0.2) is 0 Å². The van der Waals surface area contributed by atoms with Gasteiger partial charge in [0.25, 0.3) is 0 Å². The van der Waals surface area contributed by atoms with Crippen LogP contribution in [0.25, 0.3) is 0 Å². The number of carbonyl (C=O) groups excluding carboxylic acids is 1. The quantitative estimate of drug-likeness (QED) is 0.727. The number of hydrogen-bond acceptors (Lipinski definition) is 2.